The minimum atomic E-state index is -0.0374. The van der Waals surface area contributed by atoms with Gasteiger partial charge in [-0.05, 0) is 50.9 Å². The van der Waals surface area contributed by atoms with E-state index in [-0.39, 0.29) is 12.0 Å². The predicted octanol–water partition coefficient (Wildman–Crippen LogP) is 3.49. The van der Waals surface area contributed by atoms with Gasteiger partial charge in [-0.15, -0.1) is 0 Å². The molecule has 1 aromatic rings. The third kappa shape index (κ3) is 4.39. The minimum absolute atomic E-state index is 0.0374. The van der Waals surface area contributed by atoms with Gasteiger partial charge >= 0.3 is 0 Å². The van der Waals surface area contributed by atoms with Crippen molar-refractivity contribution < 1.29 is 9.53 Å². The molecule has 3 rings (SSSR count). The van der Waals surface area contributed by atoms with Crippen LogP contribution in [0.4, 0.5) is 0 Å². The summed E-state index contributed by atoms with van der Waals surface area (Å²) in [5.41, 5.74) is 0.609. The molecule has 0 radical (unpaired) electrons. The number of benzene rings is 1. The molecule has 1 aliphatic heterocycles. The maximum Gasteiger partial charge on any atom is 0.251 e. The summed E-state index contributed by atoms with van der Waals surface area (Å²) in [6.07, 6.45) is 6.80. The van der Waals surface area contributed by atoms with Crippen molar-refractivity contribution in [2.45, 2.75) is 50.7 Å². The molecular formula is C18H25ClN2O2. The Balaban J connectivity index is 1.59. The fourth-order valence-corrected chi connectivity index (χ4v) is 3.58. The first-order valence-corrected chi connectivity index (χ1v) is 8.95. The van der Waals surface area contributed by atoms with Crippen LogP contribution in [0.2, 0.25) is 5.02 Å². The van der Waals surface area contributed by atoms with Crippen molar-refractivity contribution in [3.63, 3.8) is 0 Å². The van der Waals surface area contributed by atoms with Crippen LogP contribution >= 0.6 is 11.6 Å². The summed E-state index contributed by atoms with van der Waals surface area (Å²) in [4.78, 5) is 14.6. The van der Waals surface area contributed by atoms with Crippen LogP contribution < -0.4 is 10.1 Å². The molecule has 0 spiro atoms. The molecule has 0 aromatic heterocycles. The van der Waals surface area contributed by atoms with Crippen LogP contribution in [0.1, 0.15) is 48.9 Å². The lowest BCUT2D eigenvalue weighted by Crippen LogP contribution is -2.35. The van der Waals surface area contributed by atoms with E-state index in [9.17, 15) is 4.79 Å². The molecule has 0 atom stereocenters. The average molecular weight is 337 g/mol. The number of rotatable bonds is 4. The lowest BCUT2D eigenvalue weighted by molar-refractivity contribution is 0.0937. The van der Waals surface area contributed by atoms with Crippen molar-refractivity contribution >= 4 is 17.5 Å². The fourth-order valence-electron chi connectivity index (χ4n) is 3.36. The molecule has 126 valence electrons. The molecule has 1 saturated heterocycles. The molecule has 1 aliphatic carbocycles. The number of nitrogens with zero attached hydrogens (tertiary/aromatic N) is 1. The standard InChI is InChI=1S/C18H25ClN2O2/c1-21-10-8-15(9-11-21)23-17-7-6-13(12-16(17)19)18(22)20-14-4-2-3-5-14/h6-7,12,14-15H,2-5,8-11H2,1H3,(H,20,22). The fraction of sp³-hybridized carbons (Fsp3) is 0.611. The first kappa shape index (κ1) is 16.6. The normalized spacial score (nSPS) is 20.6. The largest absolute Gasteiger partial charge is 0.489 e. The van der Waals surface area contributed by atoms with Gasteiger partial charge in [0.2, 0.25) is 0 Å². The minimum Gasteiger partial charge on any atom is -0.489 e. The molecule has 1 saturated carbocycles. The lowest BCUT2D eigenvalue weighted by Gasteiger charge is -2.29. The second-order valence-corrected chi connectivity index (χ2v) is 7.13. The molecule has 2 aliphatic rings. The van der Waals surface area contributed by atoms with E-state index in [4.69, 9.17) is 16.3 Å². The first-order chi connectivity index (χ1) is 11.1. The zero-order valence-electron chi connectivity index (χ0n) is 13.7. The van der Waals surface area contributed by atoms with E-state index < -0.39 is 0 Å². The highest BCUT2D eigenvalue weighted by Crippen LogP contribution is 2.28. The Morgan fingerprint density at radius 1 is 1.22 bits per heavy atom. The van der Waals surface area contributed by atoms with Crippen molar-refractivity contribution in [2.24, 2.45) is 0 Å². The molecule has 5 heteroatoms. The summed E-state index contributed by atoms with van der Waals surface area (Å²) in [6.45, 7) is 2.09. The van der Waals surface area contributed by atoms with Gasteiger partial charge in [-0.2, -0.15) is 0 Å². The zero-order valence-corrected chi connectivity index (χ0v) is 14.4. The quantitative estimate of drug-likeness (QED) is 0.915. The molecule has 1 N–H and O–H groups in total. The van der Waals surface area contributed by atoms with Crippen LogP contribution in [0, 0.1) is 0 Å². The van der Waals surface area contributed by atoms with Gasteiger partial charge in [0.25, 0.3) is 5.91 Å². The van der Waals surface area contributed by atoms with E-state index in [0.29, 0.717) is 22.4 Å². The summed E-state index contributed by atoms with van der Waals surface area (Å²) in [5.74, 6) is 0.642. The van der Waals surface area contributed by atoms with Crippen LogP contribution in [-0.4, -0.2) is 43.1 Å². The molecule has 2 fully saturated rings. The van der Waals surface area contributed by atoms with E-state index in [1.54, 1.807) is 12.1 Å². The number of nitrogens with one attached hydrogen (secondary N) is 1. The van der Waals surface area contributed by atoms with Gasteiger partial charge in [0, 0.05) is 24.7 Å². The number of piperidine rings is 1. The highest BCUT2D eigenvalue weighted by Gasteiger charge is 2.21. The van der Waals surface area contributed by atoms with E-state index >= 15 is 0 Å². The zero-order chi connectivity index (χ0) is 16.2. The van der Waals surface area contributed by atoms with E-state index in [2.05, 4.69) is 17.3 Å². The summed E-state index contributed by atoms with van der Waals surface area (Å²) >= 11 is 6.32. The predicted molar refractivity (Wildman–Crippen MR) is 92.3 cm³/mol. The Bertz CT molecular complexity index is 550. The Hall–Kier alpha value is -1.26. The van der Waals surface area contributed by atoms with Crippen LogP contribution in [0.5, 0.6) is 5.75 Å². The smallest absolute Gasteiger partial charge is 0.251 e. The summed E-state index contributed by atoms with van der Waals surface area (Å²) in [5, 5.41) is 3.60. The molecular weight excluding hydrogens is 312 g/mol. The van der Waals surface area contributed by atoms with Crippen molar-refractivity contribution in [1.29, 1.82) is 0 Å². The molecule has 1 amide bonds. The SMILES string of the molecule is CN1CCC(Oc2ccc(C(=O)NC3CCCC3)cc2Cl)CC1. The molecule has 0 unspecified atom stereocenters. The van der Waals surface area contributed by atoms with Gasteiger partial charge in [-0.3, -0.25) is 4.79 Å². The van der Waals surface area contributed by atoms with Gasteiger partial charge in [0.1, 0.15) is 11.9 Å². The highest BCUT2D eigenvalue weighted by molar-refractivity contribution is 6.32. The highest BCUT2D eigenvalue weighted by atomic mass is 35.5. The maximum atomic E-state index is 12.3. The number of carbonyl (C=O) groups is 1. The Kier molecular flexibility index (Phi) is 5.44. The van der Waals surface area contributed by atoms with E-state index in [1.165, 1.54) is 12.8 Å². The van der Waals surface area contributed by atoms with Gasteiger partial charge in [-0.1, -0.05) is 24.4 Å². The van der Waals surface area contributed by atoms with Crippen LogP contribution in [-0.2, 0) is 0 Å². The van der Waals surface area contributed by atoms with Gasteiger partial charge in [-0.25, -0.2) is 0 Å². The summed E-state index contributed by atoms with van der Waals surface area (Å²) in [7, 11) is 2.13. The second-order valence-electron chi connectivity index (χ2n) is 6.72. The molecule has 1 aromatic carbocycles. The summed E-state index contributed by atoms with van der Waals surface area (Å²) in [6, 6.07) is 5.66. The molecule has 4 nitrogen and oxygen atoms in total. The third-order valence-corrected chi connectivity index (χ3v) is 5.14. The number of carbonyl (C=O) groups excluding carboxylic acids is 1. The average Bonchev–Trinajstić information content (AvgIpc) is 3.04. The number of hydrogen-bond acceptors (Lipinski definition) is 3. The van der Waals surface area contributed by atoms with Gasteiger partial charge in [0.05, 0.1) is 5.02 Å². The number of hydrogen-bond donors (Lipinski definition) is 1. The Labute approximate surface area is 143 Å². The molecule has 1 heterocycles. The van der Waals surface area contributed by atoms with Gasteiger partial charge < -0.3 is 15.0 Å². The van der Waals surface area contributed by atoms with Crippen molar-refractivity contribution in [3.8, 4) is 5.75 Å². The molecule has 0 bridgehead atoms. The maximum absolute atomic E-state index is 12.3. The Morgan fingerprint density at radius 2 is 1.91 bits per heavy atom. The monoisotopic (exact) mass is 336 g/mol. The third-order valence-electron chi connectivity index (χ3n) is 4.84. The number of amides is 1. The number of ether oxygens (including phenoxy) is 1. The number of halogens is 1. The van der Waals surface area contributed by atoms with Crippen LogP contribution in [0.3, 0.4) is 0 Å². The number of likely N-dealkylation sites (tertiary alicyclic amines) is 1. The van der Waals surface area contributed by atoms with Crippen molar-refractivity contribution in [2.75, 3.05) is 20.1 Å². The van der Waals surface area contributed by atoms with Gasteiger partial charge in [0.15, 0.2) is 0 Å². The van der Waals surface area contributed by atoms with Crippen LogP contribution in [0.25, 0.3) is 0 Å². The van der Waals surface area contributed by atoms with Crippen molar-refractivity contribution in [3.05, 3.63) is 28.8 Å². The van der Waals surface area contributed by atoms with E-state index in [0.717, 1.165) is 38.8 Å². The van der Waals surface area contributed by atoms with Crippen molar-refractivity contribution in [1.82, 2.24) is 10.2 Å². The van der Waals surface area contributed by atoms with E-state index in [1.807, 2.05) is 6.07 Å². The summed E-state index contributed by atoms with van der Waals surface area (Å²) < 4.78 is 6.01. The van der Waals surface area contributed by atoms with Crippen LogP contribution in [0.15, 0.2) is 18.2 Å². The molecule has 23 heavy (non-hydrogen) atoms. The second kappa shape index (κ2) is 7.54. The Morgan fingerprint density at radius 3 is 2.57 bits per heavy atom. The first-order valence-electron chi connectivity index (χ1n) is 8.57. The topological polar surface area (TPSA) is 41.6 Å². The lowest BCUT2D eigenvalue weighted by atomic mass is 10.1.